The fraction of sp³-hybridized carbons (Fsp3) is 0.179. The molecule has 35 heavy (non-hydrogen) atoms. The largest absolute Gasteiger partial charge is 0.478 e. The van der Waals surface area contributed by atoms with E-state index in [4.69, 9.17) is 4.74 Å². The highest BCUT2D eigenvalue weighted by Crippen LogP contribution is 2.44. The number of aromatic carboxylic acids is 1. The van der Waals surface area contributed by atoms with Crippen LogP contribution in [0.5, 0.6) is 0 Å². The van der Waals surface area contributed by atoms with Crippen LogP contribution in [-0.4, -0.2) is 35.7 Å². The molecule has 3 aromatic rings. The van der Waals surface area contributed by atoms with Crippen LogP contribution in [-0.2, 0) is 9.53 Å². The van der Waals surface area contributed by atoms with Crippen LogP contribution >= 0.6 is 0 Å². The number of fused-ring (bicyclic) bond motifs is 3. The number of hydrogen-bond donors (Lipinski definition) is 3. The number of carboxylic acid groups (broad SMARTS) is 1. The lowest BCUT2D eigenvalue weighted by molar-refractivity contribution is -0.118. The normalized spacial score (nSPS) is 12.7. The molecule has 0 radical (unpaired) electrons. The Morgan fingerprint density at radius 2 is 1.66 bits per heavy atom. The van der Waals surface area contributed by atoms with Gasteiger partial charge in [-0.25, -0.2) is 9.59 Å². The zero-order chi connectivity index (χ0) is 24.9. The van der Waals surface area contributed by atoms with Gasteiger partial charge in [0.2, 0.25) is 5.91 Å². The summed E-state index contributed by atoms with van der Waals surface area (Å²) >= 11 is 0. The SMILES string of the molecule is C=CCC(NC(=O)OCC1c2ccccc2-c2ccccc21)C(=O)Nc1ccc(C)c(C(=O)O)c1. The second-order valence-electron chi connectivity index (χ2n) is 8.37. The quantitative estimate of drug-likeness (QED) is 0.397. The number of carbonyl (C=O) groups is 3. The first-order valence-corrected chi connectivity index (χ1v) is 11.3. The van der Waals surface area contributed by atoms with Crippen LogP contribution in [0.4, 0.5) is 10.5 Å². The van der Waals surface area contributed by atoms with Gasteiger partial charge < -0.3 is 20.5 Å². The Labute approximate surface area is 203 Å². The van der Waals surface area contributed by atoms with Gasteiger partial charge in [-0.2, -0.15) is 0 Å². The minimum atomic E-state index is -1.09. The lowest BCUT2D eigenvalue weighted by Gasteiger charge is -2.19. The van der Waals surface area contributed by atoms with Crippen molar-refractivity contribution in [3.63, 3.8) is 0 Å². The second-order valence-corrected chi connectivity index (χ2v) is 8.37. The Hall–Kier alpha value is -4.39. The fourth-order valence-electron chi connectivity index (χ4n) is 4.34. The summed E-state index contributed by atoms with van der Waals surface area (Å²) in [7, 11) is 0. The van der Waals surface area contributed by atoms with Crippen molar-refractivity contribution < 1.29 is 24.2 Å². The molecule has 178 valence electrons. The van der Waals surface area contributed by atoms with Crippen LogP contribution in [0.3, 0.4) is 0 Å². The monoisotopic (exact) mass is 470 g/mol. The summed E-state index contributed by atoms with van der Waals surface area (Å²) in [6.45, 7) is 5.46. The van der Waals surface area contributed by atoms with Crippen LogP contribution in [0.1, 0.15) is 39.4 Å². The lowest BCUT2D eigenvalue weighted by Crippen LogP contribution is -2.44. The zero-order valence-corrected chi connectivity index (χ0v) is 19.3. The molecule has 0 heterocycles. The second kappa shape index (κ2) is 10.3. The number of aryl methyl sites for hydroxylation is 1. The number of ether oxygens (including phenoxy) is 1. The maximum Gasteiger partial charge on any atom is 0.407 e. The number of carboxylic acids is 1. The third-order valence-corrected chi connectivity index (χ3v) is 6.09. The smallest absolute Gasteiger partial charge is 0.407 e. The van der Waals surface area contributed by atoms with E-state index in [9.17, 15) is 19.5 Å². The van der Waals surface area contributed by atoms with Gasteiger partial charge in [0, 0.05) is 11.6 Å². The first-order valence-electron chi connectivity index (χ1n) is 11.3. The number of anilines is 1. The van der Waals surface area contributed by atoms with E-state index in [0.717, 1.165) is 22.3 Å². The van der Waals surface area contributed by atoms with E-state index in [0.29, 0.717) is 11.3 Å². The van der Waals surface area contributed by atoms with Crippen molar-refractivity contribution in [2.24, 2.45) is 0 Å². The maximum absolute atomic E-state index is 12.8. The van der Waals surface area contributed by atoms with Crippen LogP contribution in [0, 0.1) is 6.92 Å². The zero-order valence-electron chi connectivity index (χ0n) is 19.3. The molecule has 0 spiro atoms. The van der Waals surface area contributed by atoms with Crippen molar-refractivity contribution in [1.82, 2.24) is 5.32 Å². The lowest BCUT2D eigenvalue weighted by atomic mass is 9.98. The van der Waals surface area contributed by atoms with Gasteiger partial charge in [0.15, 0.2) is 0 Å². The van der Waals surface area contributed by atoms with E-state index in [1.807, 2.05) is 36.4 Å². The van der Waals surface area contributed by atoms with Crippen molar-refractivity contribution in [3.8, 4) is 11.1 Å². The number of nitrogens with one attached hydrogen (secondary N) is 2. The molecule has 2 amide bonds. The van der Waals surface area contributed by atoms with Crippen molar-refractivity contribution >= 4 is 23.7 Å². The maximum atomic E-state index is 12.8. The third kappa shape index (κ3) is 5.09. The highest BCUT2D eigenvalue weighted by atomic mass is 16.5. The average molecular weight is 471 g/mol. The molecule has 4 rings (SSSR count). The number of alkyl carbamates (subject to hydrolysis) is 1. The molecule has 3 N–H and O–H groups in total. The Balaban J connectivity index is 1.42. The van der Waals surface area contributed by atoms with Crippen molar-refractivity contribution in [3.05, 3.63) is 102 Å². The number of benzene rings is 3. The van der Waals surface area contributed by atoms with Crippen LogP contribution in [0.2, 0.25) is 0 Å². The van der Waals surface area contributed by atoms with Gasteiger partial charge in [0.1, 0.15) is 12.6 Å². The van der Waals surface area contributed by atoms with Crippen molar-refractivity contribution in [2.45, 2.75) is 25.3 Å². The van der Waals surface area contributed by atoms with Gasteiger partial charge in [-0.1, -0.05) is 60.7 Å². The van der Waals surface area contributed by atoms with Gasteiger partial charge in [-0.3, -0.25) is 4.79 Å². The minimum absolute atomic E-state index is 0.0903. The highest BCUT2D eigenvalue weighted by Gasteiger charge is 2.29. The molecule has 3 aromatic carbocycles. The molecule has 1 aliphatic rings. The highest BCUT2D eigenvalue weighted by molar-refractivity contribution is 5.98. The number of hydrogen-bond acceptors (Lipinski definition) is 4. The Morgan fingerprint density at radius 1 is 1.03 bits per heavy atom. The van der Waals surface area contributed by atoms with E-state index in [-0.39, 0.29) is 24.5 Å². The average Bonchev–Trinajstić information content (AvgIpc) is 3.17. The molecule has 1 aliphatic carbocycles. The molecule has 1 unspecified atom stereocenters. The summed E-state index contributed by atoms with van der Waals surface area (Å²) < 4.78 is 5.54. The summed E-state index contributed by atoms with van der Waals surface area (Å²) in [5, 5.41) is 14.6. The summed E-state index contributed by atoms with van der Waals surface area (Å²) in [5.74, 6) is -1.68. The number of carbonyl (C=O) groups excluding carboxylic acids is 2. The molecule has 0 aliphatic heterocycles. The third-order valence-electron chi connectivity index (χ3n) is 6.09. The van der Waals surface area contributed by atoms with Gasteiger partial charge >= 0.3 is 12.1 Å². The predicted octanol–water partition coefficient (Wildman–Crippen LogP) is 5.12. The number of rotatable bonds is 8. The van der Waals surface area contributed by atoms with Gasteiger partial charge in [-0.05, 0) is 53.3 Å². The summed E-state index contributed by atoms with van der Waals surface area (Å²) in [5.41, 5.74) is 5.43. The summed E-state index contributed by atoms with van der Waals surface area (Å²) in [6.07, 6.45) is 0.975. The molecular weight excluding hydrogens is 444 g/mol. The topological polar surface area (TPSA) is 105 Å². The van der Waals surface area contributed by atoms with Gasteiger partial charge in [-0.15, -0.1) is 6.58 Å². The summed E-state index contributed by atoms with van der Waals surface area (Å²) in [4.78, 5) is 36.8. The Bertz CT molecular complexity index is 1250. The Kier molecular flexibility index (Phi) is 6.96. The Morgan fingerprint density at radius 3 is 2.26 bits per heavy atom. The van der Waals surface area contributed by atoms with E-state index < -0.39 is 24.0 Å². The molecule has 0 saturated carbocycles. The minimum Gasteiger partial charge on any atom is -0.478 e. The van der Waals surface area contributed by atoms with Crippen molar-refractivity contribution in [2.75, 3.05) is 11.9 Å². The van der Waals surface area contributed by atoms with Crippen LogP contribution < -0.4 is 10.6 Å². The molecule has 7 nitrogen and oxygen atoms in total. The molecule has 0 fully saturated rings. The molecule has 0 aromatic heterocycles. The summed E-state index contributed by atoms with van der Waals surface area (Å²) in [6, 6.07) is 19.7. The first-order chi connectivity index (χ1) is 16.9. The predicted molar refractivity (Wildman–Crippen MR) is 134 cm³/mol. The van der Waals surface area contributed by atoms with E-state index in [1.54, 1.807) is 19.1 Å². The van der Waals surface area contributed by atoms with E-state index in [2.05, 4.69) is 29.3 Å². The first kappa shape index (κ1) is 23.8. The molecule has 0 bridgehead atoms. The fourth-order valence-corrected chi connectivity index (χ4v) is 4.34. The van der Waals surface area contributed by atoms with E-state index in [1.165, 1.54) is 12.1 Å². The number of amides is 2. The molecule has 7 heteroatoms. The molecular formula is C28H26N2O5. The van der Waals surface area contributed by atoms with Gasteiger partial charge in [0.05, 0.1) is 5.56 Å². The van der Waals surface area contributed by atoms with Gasteiger partial charge in [0.25, 0.3) is 0 Å². The standard InChI is InChI=1S/C28H26N2O5/c1-3-8-25(26(31)29-18-14-13-17(2)23(15-18)27(32)33)30-28(34)35-16-24-21-11-6-4-9-19(21)20-10-5-7-12-22(20)24/h3-7,9-15,24-25H,1,8,16H2,2H3,(H,29,31)(H,30,34)(H,32,33). The van der Waals surface area contributed by atoms with E-state index >= 15 is 0 Å². The molecule has 0 saturated heterocycles. The van der Waals surface area contributed by atoms with Crippen LogP contribution in [0.25, 0.3) is 11.1 Å². The van der Waals surface area contributed by atoms with Crippen LogP contribution in [0.15, 0.2) is 79.4 Å². The molecule has 1 atom stereocenters. The van der Waals surface area contributed by atoms with Crippen molar-refractivity contribution in [1.29, 1.82) is 0 Å².